The first-order chi connectivity index (χ1) is 10.6. The summed E-state index contributed by atoms with van der Waals surface area (Å²) in [6, 6.07) is 10.2. The molecule has 1 aromatic carbocycles. The van der Waals surface area contributed by atoms with Gasteiger partial charge in [-0.05, 0) is 24.1 Å². The monoisotopic (exact) mass is 293 g/mol. The topological polar surface area (TPSA) is 57.8 Å². The van der Waals surface area contributed by atoms with Gasteiger partial charge in [0.1, 0.15) is 0 Å². The highest BCUT2D eigenvalue weighted by Crippen LogP contribution is 2.25. The lowest BCUT2D eigenvalue weighted by Crippen LogP contribution is -2.25. The summed E-state index contributed by atoms with van der Waals surface area (Å²) < 4.78 is 0. The summed E-state index contributed by atoms with van der Waals surface area (Å²) in [4.78, 5) is 19.4. The number of para-hydroxylation sites is 1. The third-order valence-electron chi connectivity index (χ3n) is 3.50. The number of amides is 1. The van der Waals surface area contributed by atoms with Crippen LogP contribution in [0.5, 0.6) is 0 Å². The number of fused-ring (bicyclic) bond motifs is 3. The van der Waals surface area contributed by atoms with Crippen LogP contribution in [-0.2, 0) is 4.79 Å². The van der Waals surface area contributed by atoms with E-state index in [2.05, 4.69) is 35.2 Å². The van der Waals surface area contributed by atoms with Gasteiger partial charge in [-0.25, -0.2) is 0 Å². The van der Waals surface area contributed by atoms with Crippen LogP contribution >= 0.6 is 0 Å². The van der Waals surface area contributed by atoms with Crippen LogP contribution in [0, 0.1) is 5.92 Å². The highest BCUT2D eigenvalue weighted by Gasteiger charge is 2.04. The molecular weight excluding hydrogens is 274 g/mol. The zero-order valence-corrected chi connectivity index (χ0v) is 12.8. The summed E-state index contributed by atoms with van der Waals surface area (Å²) in [6.07, 6.45) is 5.09. The highest BCUT2D eigenvalue weighted by molar-refractivity contribution is 6.07. The largest absolute Gasteiger partial charge is 0.353 e. The fraction of sp³-hybridized carbons (Fsp3) is 0.222. The Bertz CT molecular complexity index is 846. The van der Waals surface area contributed by atoms with Gasteiger partial charge in [-0.15, -0.1) is 0 Å². The Kier molecular flexibility index (Phi) is 3.92. The number of carbonyl (C=O) groups excluding carboxylic acids is 1. The zero-order chi connectivity index (χ0) is 15.5. The van der Waals surface area contributed by atoms with Gasteiger partial charge in [0.05, 0.1) is 17.4 Å². The summed E-state index contributed by atoms with van der Waals surface area (Å²) in [5, 5.41) is 5.14. The number of benzene rings is 1. The number of pyridine rings is 1. The molecule has 0 aliphatic heterocycles. The van der Waals surface area contributed by atoms with E-state index < -0.39 is 0 Å². The van der Waals surface area contributed by atoms with Crippen molar-refractivity contribution in [2.75, 3.05) is 6.54 Å². The van der Waals surface area contributed by atoms with Crippen LogP contribution in [0.3, 0.4) is 0 Å². The third kappa shape index (κ3) is 3.01. The minimum atomic E-state index is -0.0884. The molecule has 0 unspecified atom stereocenters. The zero-order valence-electron chi connectivity index (χ0n) is 12.8. The van der Waals surface area contributed by atoms with E-state index in [1.165, 1.54) is 11.5 Å². The first-order valence-corrected chi connectivity index (χ1v) is 7.46. The second-order valence-electron chi connectivity index (χ2n) is 5.80. The van der Waals surface area contributed by atoms with E-state index in [9.17, 15) is 4.79 Å². The number of aromatic nitrogens is 2. The van der Waals surface area contributed by atoms with Crippen molar-refractivity contribution in [2.45, 2.75) is 13.8 Å². The Labute approximate surface area is 129 Å². The molecule has 0 aliphatic rings. The minimum Gasteiger partial charge on any atom is -0.353 e. The molecule has 112 valence electrons. The SMILES string of the molecule is CC(C)CNC(=O)/C=C/c1cc2c(cn1)[nH]c1ccccc12. The van der Waals surface area contributed by atoms with Crippen molar-refractivity contribution in [1.82, 2.24) is 15.3 Å². The fourth-order valence-electron chi connectivity index (χ4n) is 2.38. The van der Waals surface area contributed by atoms with Crippen LogP contribution < -0.4 is 5.32 Å². The van der Waals surface area contributed by atoms with Crippen molar-refractivity contribution in [3.63, 3.8) is 0 Å². The van der Waals surface area contributed by atoms with Crippen LogP contribution in [0.4, 0.5) is 0 Å². The minimum absolute atomic E-state index is 0.0884. The summed E-state index contributed by atoms with van der Waals surface area (Å²) >= 11 is 0. The third-order valence-corrected chi connectivity index (χ3v) is 3.50. The van der Waals surface area contributed by atoms with Crippen molar-refractivity contribution < 1.29 is 4.79 Å². The van der Waals surface area contributed by atoms with E-state index in [-0.39, 0.29) is 5.91 Å². The van der Waals surface area contributed by atoms with E-state index in [1.54, 1.807) is 12.3 Å². The van der Waals surface area contributed by atoms with E-state index in [0.29, 0.717) is 12.5 Å². The molecular formula is C18H19N3O. The van der Waals surface area contributed by atoms with Crippen molar-refractivity contribution in [3.05, 3.63) is 48.3 Å². The van der Waals surface area contributed by atoms with Crippen molar-refractivity contribution in [2.24, 2.45) is 5.92 Å². The maximum atomic E-state index is 11.7. The lowest BCUT2D eigenvalue weighted by molar-refractivity contribution is -0.116. The molecule has 3 aromatic rings. The molecule has 1 amide bonds. The normalized spacial score (nSPS) is 11.8. The van der Waals surface area contributed by atoms with Gasteiger partial charge in [-0.1, -0.05) is 32.0 Å². The second-order valence-corrected chi connectivity index (χ2v) is 5.80. The number of H-pyrrole nitrogens is 1. The van der Waals surface area contributed by atoms with Crippen molar-refractivity contribution in [1.29, 1.82) is 0 Å². The summed E-state index contributed by atoms with van der Waals surface area (Å²) in [5.74, 6) is 0.354. The Morgan fingerprint density at radius 1 is 1.27 bits per heavy atom. The molecule has 0 aliphatic carbocycles. The van der Waals surface area contributed by atoms with Gasteiger partial charge in [0.15, 0.2) is 0 Å². The smallest absolute Gasteiger partial charge is 0.244 e. The molecule has 0 bridgehead atoms. The lowest BCUT2D eigenvalue weighted by atomic mass is 10.1. The Morgan fingerprint density at radius 3 is 2.91 bits per heavy atom. The molecule has 2 heterocycles. The van der Waals surface area contributed by atoms with Gasteiger partial charge in [-0.2, -0.15) is 0 Å². The number of hydrogen-bond acceptors (Lipinski definition) is 2. The number of aromatic amines is 1. The number of nitrogens with zero attached hydrogens (tertiary/aromatic N) is 1. The maximum absolute atomic E-state index is 11.7. The summed E-state index contributed by atoms with van der Waals surface area (Å²) in [7, 11) is 0. The quantitative estimate of drug-likeness (QED) is 0.723. The van der Waals surface area contributed by atoms with Gasteiger partial charge < -0.3 is 10.3 Å². The Balaban J connectivity index is 1.85. The van der Waals surface area contributed by atoms with Crippen LogP contribution in [0.15, 0.2) is 42.6 Å². The summed E-state index contributed by atoms with van der Waals surface area (Å²) in [5.41, 5.74) is 2.87. The molecule has 0 fully saturated rings. The predicted molar refractivity (Wildman–Crippen MR) is 90.5 cm³/mol. The van der Waals surface area contributed by atoms with Crippen molar-refractivity contribution in [3.8, 4) is 0 Å². The molecule has 0 spiro atoms. The Hall–Kier alpha value is -2.62. The second kappa shape index (κ2) is 6.02. The number of nitrogens with one attached hydrogen (secondary N) is 2. The van der Waals surface area contributed by atoms with Gasteiger partial charge in [0.2, 0.25) is 5.91 Å². The van der Waals surface area contributed by atoms with Crippen molar-refractivity contribution >= 4 is 33.8 Å². The molecule has 0 saturated carbocycles. The molecule has 2 N–H and O–H groups in total. The molecule has 3 rings (SSSR count). The molecule has 4 nitrogen and oxygen atoms in total. The fourth-order valence-corrected chi connectivity index (χ4v) is 2.38. The molecule has 0 saturated heterocycles. The first-order valence-electron chi connectivity index (χ1n) is 7.46. The van der Waals surface area contributed by atoms with E-state index in [4.69, 9.17) is 0 Å². The van der Waals surface area contributed by atoms with E-state index in [0.717, 1.165) is 22.1 Å². The lowest BCUT2D eigenvalue weighted by Gasteiger charge is -2.04. The van der Waals surface area contributed by atoms with Crippen LogP contribution in [0.1, 0.15) is 19.5 Å². The molecule has 2 aromatic heterocycles. The van der Waals surface area contributed by atoms with Crippen LogP contribution in [-0.4, -0.2) is 22.4 Å². The highest BCUT2D eigenvalue weighted by atomic mass is 16.1. The van der Waals surface area contributed by atoms with Gasteiger partial charge >= 0.3 is 0 Å². The average Bonchev–Trinajstić information content (AvgIpc) is 2.89. The van der Waals surface area contributed by atoms with Gasteiger partial charge in [0.25, 0.3) is 0 Å². The molecule has 0 radical (unpaired) electrons. The number of carbonyl (C=O) groups is 1. The maximum Gasteiger partial charge on any atom is 0.244 e. The molecule has 0 atom stereocenters. The number of rotatable bonds is 4. The van der Waals surface area contributed by atoms with Crippen LogP contribution in [0.25, 0.3) is 27.9 Å². The predicted octanol–water partition coefficient (Wildman–Crippen LogP) is 3.50. The Morgan fingerprint density at radius 2 is 2.09 bits per heavy atom. The average molecular weight is 293 g/mol. The van der Waals surface area contributed by atoms with Crippen LogP contribution in [0.2, 0.25) is 0 Å². The number of hydrogen-bond donors (Lipinski definition) is 2. The van der Waals surface area contributed by atoms with E-state index in [1.807, 2.05) is 24.3 Å². The van der Waals surface area contributed by atoms with Gasteiger partial charge in [-0.3, -0.25) is 9.78 Å². The molecule has 4 heteroatoms. The standard InChI is InChI=1S/C18H19N3O/c1-12(2)10-20-18(22)8-7-13-9-15-14-5-3-4-6-16(14)21-17(15)11-19-13/h3-9,11-12,21H,10H2,1-2H3,(H,20,22)/b8-7+. The van der Waals surface area contributed by atoms with Gasteiger partial charge in [0, 0.05) is 28.9 Å². The first kappa shape index (κ1) is 14.3. The van der Waals surface area contributed by atoms with E-state index >= 15 is 0 Å². The molecule has 22 heavy (non-hydrogen) atoms. The summed E-state index contributed by atoms with van der Waals surface area (Å²) in [6.45, 7) is 4.81.